The minimum absolute atomic E-state index is 0.100. The largest absolute Gasteiger partial charge is 0.368 e. The zero-order valence-electron chi connectivity index (χ0n) is 24.9. The summed E-state index contributed by atoms with van der Waals surface area (Å²) < 4.78 is 1.70. The van der Waals surface area contributed by atoms with E-state index < -0.39 is 0 Å². The number of piperazine rings is 1. The molecule has 7 rings (SSSR count). The molecule has 2 aliphatic heterocycles. The lowest BCUT2D eigenvalue weighted by molar-refractivity contribution is -0.132. The molecule has 1 atom stereocenters. The van der Waals surface area contributed by atoms with Crippen molar-refractivity contribution in [2.45, 2.75) is 32.1 Å². The fourth-order valence-corrected chi connectivity index (χ4v) is 6.53. The quantitative estimate of drug-likeness (QED) is 0.341. The molecule has 0 unspecified atom stereocenters. The van der Waals surface area contributed by atoms with Crippen molar-refractivity contribution in [1.82, 2.24) is 34.8 Å². The number of nitrogens with one attached hydrogen (secondary N) is 1. The summed E-state index contributed by atoms with van der Waals surface area (Å²) in [7, 11) is 1.86. The van der Waals surface area contributed by atoms with Crippen molar-refractivity contribution >= 4 is 34.1 Å². The molecule has 0 bridgehead atoms. The van der Waals surface area contributed by atoms with Crippen molar-refractivity contribution in [3.63, 3.8) is 0 Å². The van der Waals surface area contributed by atoms with Gasteiger partial charge in [-0.15, -0.1) is 0 Å². The summed E-state index contributed by atoms with van der Waals surface area (Å²) in [6.45, 7) is 7.39. The number of aryl methyl sites for hydroxylation is 1. The zero-order valence-corrected chi connectivity index (χ0v) is 24.9. The topological polar surface area (TPSA) is 106 Å². The maximum Gasteiger partial charge on any atom is 0.236 e. The van der Waals surface area contributed by atoms with Crippen LogP contribution in [0.15, 0.2) is 48.8 Å². The van der Waals surface area contributed by atoms with E-state index in [9.17, 15) is 9.59 Å². The molecule has 224 valence electrons. The van der Waals surface area contributed by atoms with Gasteiger partial charge in [-0.05, 0) is 75.2 Å². The molecule has 4 heterocycles. The van der Waals surface area contributed by atoms with Crippen molar-refractivity contribution in [2.24, 2.45) is 13.0 Å². The summed E-state index contributed by atoms with van der Waals surface area (Å²) in [5.74, 6) is 1.48. The normalized spacial score (nSPS) is 19.3. The third-order valence-electron chi connectivity index (χ3n) is 9.15. The summed E-state index contributed by atoms with van der Waals surface area (Å²) >= 11 is 0. The first-order valence-electron chi connectivity index (χ1n) is 15.5. The Hall–Kier alpha value is -4.25. The molecule has 11 heteroatoms. The van der Waals surface area contributed by atoms with Crippen LogP contribution in [0, 0.1) is 5.92 Å². The molecule has 11 nitrogen and oxygen atoms in total. The second-order valence-corrected chi connectivity index (χ2v) is 12.1. The molecule has 0 spiro atoms. The van der Waals surface area contributed by atoms with Gasteiger partial charge in [-0.1, -0.05) is 0 Å². The highest BCUT2D eigenvalue weighted by molar-refractivity contribution is 5.98. The van der Waals surface area contributed by atoms with Crippen LogP contribution >= 0.6 is 0 Å². The molecular weight excluding hydrogens is 542 g/mol. The van der Waals surface area contributed by atoms with Gasteiger partial charge in [-0.25, -0.2) is 4.98 Å². The van der Waals surface area contributed by atoms with Gasteiger partial charge in [0.25, 0.3) is 0 Å². The molecule has 1 N–H and O–H groups in total. The Morgan fingerprint density at radius 1 is 1.00 bits per heavy atom. The minimum Gasteiger partial charge on any atom is -0.368 e. The first-order chi connectivity index (χ1) is 21.0. The Morgan fingerprint density at radius 2 is 1.79 bits per heavy atom. The van der Waals surface area contributed by atoms with Crippen molar-refractivity contribution in [3.8, 4) is 11.4 Å². The number of hydrogen-bond acceptors (Lipinski definition) is 7. The summed E-state index contributed by atoms with van der Waals surface area (Å²) in [5, 5.41) is 13.2. The summed E-state index contributed by atoms with van der Waals surface area (Å²) in [6, 6.07) is 14.4. The van der Waals surface area contributed by atoms with Crippen LogP contribution in [0.25, 0.3) is 22.3 Å². The Kier molecular flexibility index (Phi) is 7.34. The highest BCUT2D eigenvalue weighted by atomic mass is 16.2. The molecule has 2 saturated heterocycles. The van der Waals surface area contributed by atoms with E-state index in [1.165, 1.54) is 18.5 Å². The Bertz CT molecular complexity index is 1620. The van der Waals surface area contributed by atoms with Crippen LogP contribution in [-0.2, 0) is 16.6 Å². The minimum atomic E-state index is -0.100. The number of H-pyrrole nitrogens is 1. The average Bonchev–Trinajstić information content (AvgIpc) is 3.39. The van der Waals surface area contributed by atoms with Crippen LogP contribution in [0.5, 0.6) is 0 Å². The van der Waals surface area contributed by atoms with Gasteiger partial charge in [0.2, 0.25) is 11.8 Å². The van der Waals surface area contributed by atoms with Crippen molar-refractivity contribution < 1.29 is 9.59 Å². The number of benzene rings is 2. The van der Waals surface area contributed by atoms with Gasteiger partial charge in [-0.2, -0.15) is 10.2 Å². The number of carbonyl (C=O) groups excluding carboxylic acids is 2. The van der Waals surface area contributed by atoms with E-state index in [0.29, 0.717) is 38.6 Å². The van der Waals surface area contributed by atoms with Crippen molar-refractivity contribution in [1.29, 1.82) is 0 Å². The number of anilines is 2. The number of aromatic nitrogens is 5. The van der Waals surface area contributed by atoms with Gasteiger partial charge in [0.15, 0.2) is 5.82 Å². The molecule has 0 radical (unpaired) electrons. The lowest BCUT2D eigenvalue weighted by Crippen LogP contribution is -2.51. The van der Waals surface area contributed by atoms with Crippen LogP contribution in [0.1, 0.15) is 37.8 Å². The second kappa shape index (κ2) is 11.4. The van der Waals surface area contributed by atoms with E-state index in [2.05, 4.69) is 48.3 Å². The molecular formula is C32H39N9O2. The number of aromatic amines is 1. The molecule has 3 fully saturated rings. The predicted octanol–water partition coefficient (Wildman–Crippen LogP) is 3.26. The highest BCUT2D eigenvalue weighted by Gasteiger charge is 2.34. The number of fused-ring (bicyclic) bond motifs is 1. The third-order valence-corrected chi connectivity index (χ3v) is 9.15. The van der Waals surface area contributed by atoms with E-state index in [0.717, 1.165) is 59.7 Å². The van der Waals surface area contributed by atoms with Crippen LogP contribution in [0.2, 0.25) is 0 Å². The maximum atomic E-state index is 13.7. The van der Waals surface area contributed by atoms with E-state index >= 15 is 0 Å². The molecule has 1 aliphatic carbocycles. The summed E-state index contributed by atoms with van der Waals surface area (Å²) in [5.41, 5.74) is 5.21. The Labute approximate surface area is 251 Å². The fourth-order valence-electron chi connectivity index (χ4n) is 6.53. The van der Waals surface area contributed by atoms with Crippen LogP contribution in [-0.4, -0.2) is 98.9 Å². The number of rotatable bonds is 8. The molecule has 3 aliphatic rings. The molecule has 2 aromatic carbocycles. The molecule has 1 saturated carbocycles. The van der Waals surface area contributed by atoms with E-state index in [-0.39, 0.29) is 17.7 Å². The number of likely N-dealkylation sites (tertiary alicyclic amines) is 1. The maximum absolute atomic E-state index is 13.7. The summed E-state index contributed by atoms with van der Waals surface area (Å²) in [4.78, 5) is 39.5. The van der Waals surface area contributed by atoms with E-state index in [1.54, 1.807) is 11.0 Å². The zero-order chi connectivity index (χ0) is 29.5. The highest BCUT2D eigenvalue weighted by Crippen LogP contribution is 2.42. The van der Waals surface area contributed by atoms with Gasteiger partial charge in [-0.3, -0.25) is 24.3 Å². The smallest absolute Gasteiger partial charge is 0.236 e. The first kappa shape index (κ1) is 27.6. The number of hydrogen-bond donors (Lipinski definition) is 1. The number of amides is 2. The van der Waals surface area contributed by atoms with E-state index in [4.69, 9.17) is 0 Å². The lowest BCUT2D eigenvalue weighted by atomic mass is 10.1. The summed E-state index contributed by atoms with van der Waals surface area (Å²) in [6.07, 6.45) is 4.88. The Morgan fingerprint density at radius 3 is 2.49 bits per heavy atom. The first-order valence-corrected chi connectivity index (χ1v) is 15.5. The molecule has 2 amide bonds. The predicted molar refractivity (Wildman–Crippen MR) is 166 cm³/mol. The van der Waals surface area contributed by atoms with Crippen LogP contribution in [0.3, 0.4) is 0 Å². The van der Waals surface area contributed by atoms with Gasteiger partial charge < -0.3 is 14.7 Å². The molecule has 2 aromatic heterocycles. The number of carbonyl (C=O) groups is 2. The number of nitrogens with zero attached hydrogens (tertiary/aromatic N) is 8. The van der Waals surface area contributed by atoms with Gasteiger partial charge in [0.1, 0.15) is 6.33 Å². The monoisotopic (exact) mass is 581 g/mol. The van der Waals surface area contributed by atoms with Crippen LogP contribution in [0.4, 0.5) is 11.4 Å². The molecule has 43 heavy (non-hydrogen) atoms. The van der Waals surface area contributed by atoms with Gasteiger partial charge in [0, 0.05) is 80.3 Å². The molecule has 4 aromatic rings. The third kappa shape index (κ3) is 5.61. The lowest BCUT2D eigenvalue weighted by Gasteiger charge is -2.36. The van der Waals surface area contributed by atoms with Gasteiger partial charge in [0.05, 0.1) is 18.0 Å². The Balaban J connectivity index is 0.914. The SMILES string of the molecule is CCN(C(=O)[C@@H]1CCN(CC(=O)N2CCN(c3ccc(-c4ncn(C)n4)cc3)CC2)C1)c1ccc2n[nH]c(C3CC3)c2c1. The average molecular weight is 582 g/mol. The van der Waals surface area contributed by atoms with Crippen molar-refractivity contribution in [2.75, 3.05) is 62.2 Å². The van der Waals surface area contributed by atoms with Crippen LogP contribution < -0.4 is 9.80 Å². The standard InChI is InChI=1S/C32H39N9O2/c1-3-41(26-10-11-28-27(18-26)30(35-34-28)22-4-5-22)32(43)24-12-13-38(19-24)20-29(42)40-16-14-39(15-17-40)25-8-6-23(7-9-25)31-33-21-37(2)36-31/h6-11,18,21-22,24H,3-5,12-17,19-20H2,1-2H3,(H,34,35)/t24-/m1/s1. The van der Waals surface area contributed by atoms with Gasteiger partial charge >= 0.3 is 0 Å². The fraction of sp³-hybridized carbons (Fsp3) is 0.469. The van der Waals surface area contributed by atoms with Crippen molar-refractivity contribution in [3.05, 3.63) is 54.5 Å². The second-order valence-electron chi connectivity index (χ2n) is 12.1. The van der Waals surface area contributed by atoms with E-state index in [1.807, 2.05) is 48.0 Å².